The Bertz CT molecular complexity index is 1180. The number of likely N-dealkylation sites (tertiary alicyclic amines) is 1. The van der Waals surface area contributed by atoms with Gasteiger partial charge in [-0.05, 0) is 31.4 Å². The minimum atomic E-state index is -5.08. The van der Waals surface area contributed by atoms with Crippen molar-refractivity contribution < 1.29 is 32.7 Å². The Morgan fingerprint density at radius 1 is 1.23 bits per heavy atom. The van der Waals surface area contributed by atoms with E-state index in [-0.39, 0.29) is 17.9 Å². The summed E-state index contributed by atoms with van der Waals surface area (Å²) in [6, 6.07) is 5.62. The van der Waals surface area contributed by atoms with E-state index in [2.05, 4.69) is 15.3 Å². The van der Waals surface area contributed by atoms with Crippen LogP contribution < -0.4 is 5.32 Å². The minimum absolute atomic E-state index is 0.0423. The Morgan fingerprint density at radius 3 is 2.60 bits per heavy atom. The smallest absolute Gasteiger partial charge is 0.475 e. The first kappa shape index (κ1) is 25.7. The molecule has 2 N–H and O–H groups in total. The van der Waals surface area contributed by atoms with Crippen molar-refractivity contribution in [1.82, 2.24) is 29.2 Å². The SMILES string of the molecule is CC(=O)N1CCCC1c1nc(C(=O)NCCCn2ccnc2)c2ccccn12.O=C(O)C(F)(F)F. The number of fused-ring (bicyclic) bond motifs is 1. The fourth-order valence-corrected chi connectivity index (χ4v) is 3.84. The van der Waals surface area contributed by atoms with Crippen molar-refractivity contribution >= 4 is 23.3 Å². The number of nitrogens with one attached hydrogen (secondary N) is 1. The standard InChI is InChI=1S/C20H24N6O2.C2HF3O2/c1-15(27)25-12-4-7-17(25)19-23-18(16-6-2-3-11-26(16)19)20(28)22-8-5-10-24-13-9-21-14-24;3-2(4,5)1(6)7/h2-3,6,9,11,13-14,17H,4-5,7-8,10,12H2,1H3,(H,22,28);(H,6,7). The number of amides is 2. The van der Waals surface area contributed by atoms with E-state index in [0.717, 1.165) is 43.7 Å². The number of carbonyl (C=O) groups excluding carboxylic acids is 2. The molecule has 10 nitrogen and oxygen atoms in total. The number of carboxylic acids is 1. The summed E-state index contributed by atoms with van der Waals surface area (Å²) in [6.45, 7) is 3.67. The molecule has 3 aromatic rings. The molecule has 0 spiro atoms. The zero-order valence-electron chi connectivity index (χ0n) is 18.9. The quantitative estimate of drug-likeness (QED) is 0.508. The van der Waals surface area contributed by atoms with Gasteiger partial charge in [-0.25, -0.2) is 14.8 Å². The first-order chi connectivity index (χ1) is 16.6. The second kappa shape index (κ2) is 11.0. The van der Waals surface area contributed by atoms with Crippen molar-refractivity contribution in [2.45, 2.75) is 44.9 Å². The number of alkyl halides is 3. The van der Waals surface area contributed by atoms with Crippen LogP contribution in [0, 0.1) is 0 Å². The highest BCUT2D eigenvalue weighted by Gasteiger charge is 2.38. The van der Waals surface area contributed by atoms with Crippen LogP contribution in [0.2, 0.25) is 0 Å². The highest BCUT2D eigenvalue weighted by atomic mass is 19.4. The summed E-state index contributed by atoms with van der Waals surface area (Å²) < 4.78 is 35.7. The molecule has 3 aromatic heterocycles. The monoisotopic (exact) mass is 494 g/mol. The van der Waals surface area contributed by atoms with Crippen LogP contribution in [0.1, 0.15) is 48.5 Å². The number of carbonyl (C=O) groups is 3. The van der Waals surface area contributed by atoms with Crippen LogP contribution in [0.5, 0.6) is 0 Å². The number of imidazole rings is 2. The lowest BCUT2D eigenvalue weighted by Crippen LogP contribution is -2.29. The fourth-order valence-electron chi connectivity index (χ4n) is 3.84. The number of nitrogens with zero attached hydrogens (tertiary/aromatic N) is 5. The van der Waals surface area contributed by atoms with E-state index in [9.17, 15) is 22.8 Å². The molecule has 0 aromatic carbocycles. The Kier molecular flexibility index (Phi) is 8.10. The highest BCUT2D eigenvalue weighted by molar-refractivity contribution is 5.99. The number of pyridine rings is 1. The molecule has 1 aliphatic rings. The molecule has 1 fully saturated rings. The predicted molar refractivity (Wildman–Crippen MR) is 117 cm³/mol. The summed E-state index contributed by atoms with van der Waals surface area (Å²) in [5.74, 6) is -2.15. The third-order valence-corrected chi connectivity index (χ3v) is 5.43. The van der Waals surface area contributed by atoms with Crippen LogP contribution in [-0.4, -0.2) is 66.0 Å². The Morgan fingerprint density at radius 2 is 1.97 bits per heavy atom. The largest absolute Gasteiger partial charge is 0.490 e. The summed E-state index contributed by atoms with van der Waals surface area (Å²) in [4.78, 5) is 44.2. The van der Waals surface area contributed by atoms with E-state index < -0.39 is 12.1 Å². The fraction of sp³-hybridized carbons (Fsp3) is 0.409. The number of hydrogen-bond donors (Lipinski definition) is 2. The number of rotatable bonds is 6. The van der Waals surface area contributed by atoms with Crippen molar-refractivity contribution in [3.05, 3.63) is 54.6 Å². The maximum absolute atomic E-state index is 12.8. The molecule has 13 heteroatoms. The lowest BCUT2D eigenvalue weighted by Gasteiger charge is -2.22. The Labute approximate surface area is 198 Å². The van der Waals surface area contributed by atoms with Gasteiger partial charge < -0.3 is 24.3 Å². The van der Waals surface area contributed by atoms with Gasteiger partial charge in [-0.2, -0.15) is 13.2 Å². The van der Waals surface area contributed by atoms with Gasteiger partial charge in [0.05, 0.1) is 17.9 Å². The van der Waals surface area contributed by atoms with Crippen LogP contribution in [0.15, 0.2) is 43.1 Å². The van der Waals surface area contributed by atoms with Crippen LogP contribution in [0.4, 0.5) is 13.2 Å². The molecule has 0 aliphatic carbocycles. The van der Waals surface area contributed by atoms with Crippen LogP contribution in [0.3, 0.4) is 0 Å². The van der Waals surface area contributed by atoms with Gasteiger partial charge in [0, 0.05) is 45.1 Å². The van der Waals surface area contributed by atoms with Gasteiger partial charge in [0.25, 0.3) is 5.91 Å². The molecule has 1 unspecified atom stereocenters. The molecule has 1 atom stereocenters. The highest BCUT2D eigenvalue weighted by Crippen LogP contribution is 2.32. The van der Waals surface area contributed by atoms with E-state index in [4.69, 9.17) is 9.90 Å². The lowest BCUT2D eigenvalue weighted by molar-refractivity contribution is -0.192. The van der Waals surface area contributed by atoms with Crippen molar-refractivity contribution in [3.63, 3.8) is 0 Å². The van der Waals surface area contributed by atoms with E-state index in [1.54, 1.807) is 19.4 Å². The number of aliphatic carboxylic acids is 1. The molecule has 0 radical (unpaired) electrons. The molecule has 0 bridgehead atoms. The van der Waals surface area contributed by atoms with Crippen molar-refractivity contribution in [2.75, 3.05) is 13.1 Å². The van der Waals surface area contributed by atoms with Gasteiger partial charge in [-0.3, -0.25) is 9.59 Å². The number of halogens is 3. The first-order valence-electron chi connectivity index (χ1n) is 10.9. The molecule has 188 valence electrons. The van der Waals surface area contributed by atoms with Crippen LogP contribution in [0.25, 0.3) is 5.52 Å². The molecule has 4 rings (SSSR count). The van der Waals surface area contributed by atoms with Crippen LogP contribution >= 0.6 is 0 Å². The molecule has 4 heterocycles. The number of carboxylic acid groups (broad SMARTS) is 1. The topological polar surface area (TPSA) is 122 Å². The minimum Gasteiger partial charge on any atom is -0.475 e. The maximum atomic E-state index is 12.8. The second-order valence-corrected chi connectivity index (χ2v) is 7.86. The third kappa shape index (κ3) is 6.37. The van der Waals surface area contributed by atoms with E-state index in [1.165, 1.54) is 0 Å². The molecule has 35 heavy (non-hydrogen) atoms. The van der Waals surface area contributed by atoms with Gasteiger partial charge in [0.15, 0.2) is 5.69 Å². The van der Waals surface area contributed by atoms with E-state index in [0.29, 0.717) is 12.2 Å². The number of aromatic nitrogens is 4. The van der Waals surface area contributed by atoms with Gasteiger partial charge in [-0.1, -0.05) is 6.07 Å². The summed E-state index contributed by atoms with van der Waals surface area (Å²) in [5.41, 5.74) is 1.17. The molecule has 0 saturated carbocycles. The van der Waals surface area contributed by atoms with Gasteiger partial charge in [-0.15, -0.1) is 0 Å². The summed E-state index contributed by atoms with van der Waals surface area (Å²) in [5, 5.41) is 10.1. The average Bonchev–Trinajstić information content (AvgIpc) is 3.55. The Hall–Kier alpha value is -3.90. The summed E-state index contributed by atoms with van der Waals surface area (Å²) >= 11 is 0. The van der Waals surface area contributed by atoms with Gasteiger partial charge in [0.2, 0.25) is 5.91 Å². The van der Waals surface area contributed by atoms with Crippen molar-refractivity contribution in [1.29, 1.82) is 0 Å². The molecular weight excluding hydrogens is 469 g/mol. The second-order valence-electron chi connectivity index (χ2n) is 7.86. The first-order valence-corrected chi connectivity index (χ1v) is 10.9. The van der Waals surface area contributed by atoms with E-state index in [1.807, 2.05) is 44.5 Å². The normalized spacial score (nSPS) is 15.5. The number of aryl methyl sites for hydroxylation is 1. The van der Waals surface area contributed by atoms with Crippen LogP contribution in [-0.2, 0) is 16.1 Å². The van der Waals surface area contributed by atoms with E-state index >= 15 is 0 Å². The predicted octanol–water partition coefficient (Wildman–Crippen LogP) is 2.67. The van der Waals surface area contributed by atoms with Crippen molar-refractivity contribution in [3.8, 4) is 0 Å². The molecular formula is C22H25F3N6O4. The third-order valence-electron chi connectivity index (χ3n) is 5.43. The zero-order valence-corrected chi connectivity index (χ0v) is 18.9. The Balaban J connectivity index is 0.000000429. The lowest BCUT2D eigenvalue weighted by atomic mass is 10.2. The molecule has 2 amide bonds. The van der Waals surface area contributed by atoms with Gasteiger partial charge >= 0.3 is 12.1 Å². The zero-order chi connectivity index (χ0) is 25.6. The van der Waals surface area contributed by atoms with Gasteiger partial charge in [0.1, 0.15) is 5.82 Å². The molecule has 1 saturated heterocycles. The average molecular weight is 494 g/mol. The summed E-state index contributed by atoms with van der Waals surface area (Å²) in [6.07, 6.45) is 4.84. The summed E-state index contributed by atoms with van der Waals surface area (Å²) in [7, 11) is 0. The maximum Gasteiger partial charge on any atom is 0.490 e. The molecule has 1 aliphatic heterocycles. The number of hydrogen-bond acceptors (Lipinski definition) is 5. The van der Waals surface area contributed by atoms with Crippen molar-refractivity contribution in [2.24, 2.45) is 0 Å².